The van der Waals surface area contributed by atoms with Crippen molar-refractivity contribution in [1.82, 2.24) is 36.9 Å². The zero-order valence-electron chi connectivity index (χ0n) is 38.6. The van der Waals surface area contributed by atoms with E-state index in [9.17, 15) is 58.5 Å². The number of nitrogens with one attached hydrogen (secondary N) is 7. The second kappa shape index (κ2) is 25.4. The van der Waals surface area contributed by atoms with Crippen LogP contribution < -0.4 is 31.9 Å². The van der Waals surface area contributed by atoms with Crippen LogP contribution >= 0.6 is 0 Å². The molecule has 0 spiro atoms. The van der Waals surface area contributed by atoms with Crippen molar-refractivity contribution in [1.29, 1.82) is 0 Å². The summed E-state index contributed by atoms with van der Waals surface area (Å²) in [5.41, 5.74) is 2.69. The third kappa shape index (κ3) is 15.5. The number of para-hydroxylation sites is 1. The van der Waals surface area contributed by atoms with Crippen molar-refractivity contribution in [3.63, 3.8) is 0 Å². The Balaban J connectivity index is 1.57. The molecule has 68 heavy (non-hydrogen) atoms. The molecule has 0 unspecified atom stereocenters. The molecule has 19 nitrogen and oxygen atoms in total. The molecule has 10 N–H and O–H groups in total. The van der Waals surface area contributed by atoms with Gasteiger partial charge in [-0.25, -0.2) is 4.79 Å². The maximum Gasteiger partial charge on any atom is 0.326 e. The molecule has 0 aliphatic heterocycles. The predicted octanol–water partition coefficient (Wildman–Crippen LogP) is 2.99. The van der Waals surface area contributed by atoms with E-state index in [1.807, 2.05) is 0 Å². The molecule has 0 fully saturated rings. The molecule has 1 aromatic heterocycles. The lowest BCUT2D eigenvalue weighted by Gasteiger charge is -2.31. The highest BCUT2D eigenvalue weighted by molar-refractivity contribution is 5.98. The van der Waals surface area contributed by atoms with Gasteiger partial charge in [-0.15, -0.1) is 0 Å². The van der Waals surface area contributed by atoms with Crippen molar-refractivity contribution < 1.29 is 58.5 Å². The van der Waals surface area contributed by atoms with Crippen LogP contribution in [0.15, 0.2) is 91.1 Å². The number of fused-ring (bicyclic) bond motifs is 1. The average Bonchev–Trinajstić information content (AvgIpc) is 3.70. The molecule has 7 atom stereocenters. The molecule has 0 radical (unpaired) electrons. The number of carbonyl (C=O) groups excluding carboxylic acids is 6. The minimum atomic E-state index is -1.80. The molecule has 0 aliphatic rings. The largest absolute Gasteiger partial charge is 0.481 e. The number of hydrogen-bond acceptors (Lipinski definition) is 9. The number of carbonyl (C=O) groups is 9. The van der Waals surface area contributed by atoms with Crippen LogP contribution in [0.1, 0.15) is 89.3 Å². The molecule has 0 aliphatic carbocycles. The summed E-state index contributed by atoms with van der Waals surface area (Å²) in [4.78, 5) is 122. The summed E-state index contributed by atoms with van der Waals surface area (Å²) >= 11 is 0. The summed E-state index contributed by atoms with van der Waals surface area (Å²) in [6, 6.07) is 16.1. The van der Waals surface area contributed by atoms with Gasteiger partial charge in [0.15, 0.2) is 0 Å². The summed E-state index contributed by atoms with van der Waals surface area (Å²) in [5, 5.41) is 45.4. The van der Waals surface area contributed by atoms with E-state index in [1.54, 1.807) is 119 Å². The topological polar surface area (TPSA) is 302 Å². The molecule has 4 rings (SSSR count). The van der Waals surface area contributed by atoms with E-state index in [0.717, 1.165) is 10.9 Å². The highest BCUT2D eigenvalue weighted by Crippen LogP contribution is 2.29. The number of aromatic amines is 1. The van der Waals surface area contributed by atoms with Gasteiger partial charge in [-0.05, 0) is 47.4 Å². The van der Waals surface area contributed by atoms with Crippen LogP contribution in [0, 0.1) is 11.8 Å². The first-order chi connectivity index (χ1) is 32.3. The van der Waals surface area contributed by atoms with Gasteiger partial charge in [-0.2, -0.15) is 0 Å². The van der Waals surface area contributed by atoms with Gasteiger partial charge in [-0.3, -0.25) is 38.4 Å². The molecule has 0 saturated carbocycles. The van der Waals surface area contributed by atoms with Crippen LogP contribution in [0.5, 0.6) is 0 Å². The first-order valence-electron chi connectivity index (χ1n) is 22.4. The Labute approximate surface area is 393 Å². The lowest BCUT2D eigenvalue weighted by Crippen LogP contribution is -2.61. The van der Waals surface area contributed by atoms with Gasteiger partial charge in [0.2, 0.25) is 35.4 Å². The van der Waals surface area contributed by atoms with E-state index >= 15 is 0 Å². The third-order valence-corrected chi connectivity index (χ3v) is 11.4. The minimum Gasteiger partial charge on any atom is -0.481 e. The second-order valence-electron chi connectivity index (χ2n) is 17.2. The van der Waals surface area contributed by atoms with E-state index in [1.165, 1.54) is 6.92 Å². The van der Waals surface area contributed by atoms with Crippen molar-refractivity contribution >= 4 is 64.3 Å². The summed E-state index contributed by atoms with van der Waals surface area (Å²) in [5.74, 6) is -11.1. The van der Waals surface area contributed by atoms with Crippen molar-refractivity contribution in [3.05, 3.63) is 108 Å². The monoisotopic (exact) mass is 939 g/mol. The van der Waals surface area contributed by atoms with Crippen molar-refractivity contribution in [3.8, 4) is 0 Å². The number of carboxylic acids is 3. The van der Waals surface area contributed by atoms with E-state index in [0.29, 0.717) is 16.7 Å². The lowest BCUT2D eigenvalue weighted by atomic mass is 9.84. The third-order valence-electron chi connectivity index (χ3n) is 11.4. The number of aliphatic carboxylic acids is 3. The van der Waals surface area contributed by atoms with Crippen LogP contribution in [0.25, 0.3) is 10.9 Å². The summed E-state index contributed by atoms with van der Waals surface area (Å²) in [7, 11) is 0. The molecule has 19 heteroatoms. The quantitative estimate of drug-likeness (QED) is 0.0435. The Bertz CT molecular complexity index is 2370. The summed E-state index contributed by atoms with van der Waals surface area (Å²) in [6.07, 6.45) is -0.296. The Morgan fingerprint density at radius 2 is 1.09 bits per heavy atom. The fourth-order valence-electron chi connectivity index (χ4n) is 7.78. The molecule has 364 valence electrons. The van der Waals surface area contributed by atoms with E-state index in [2.05, 4.69) is 36.9 Å². The first kappa shape index (κ1) is 53.0. The normalized spacial score (nSPS) is 14.3. The molecule has 1 heterocycles. The van der Waals surface area contributed by atoms with Gasteiger partial charge in [0.1, 0.15) is 36.3 Å². The SMILES string of the molecule is CC[C@H](C)[C@H](NC(=O)[C@H](CC(=O)O)NC(=O)[C@H](CC(C)C)NC(=O)[C@H](NC(C)=O)C(c1ccccc1)c1ccccc1)C(=O)N[C@@H](CCC(=O)O)C(=O)N[C@@H](Cc1c[nH]c2ccccc12)C(=O)O. The number of benzene rings is 3. The van der Waals surface area contributed by atoms with Gasteiger partial charge < -0.3 is 52.2 Å². The number of H-pyrrole nitrogens is 1. The zero-order chi connectivity index (χ0) is 50.1. The Morgan fingerprint density at radius 3 is 1.63 bits per heavy atom. The number of hydrogen-bond donors (Lipinski definition) is 10. The van der Waals surface area contributed by atoms with E-state index in [-0.39, 0.29) is 25.2 Å². The molecule has 4 aromatic rings. The van der Waals surface area contributed by atoms with Crippen LogP contribution in [0.4, 0.5) is 0 Å². The van der Waals surface area contributed by atoms with Crippen LogP contribution in [0.2, 0.25) is 0 Å². The smallest absolute Gasteiger partial charge is 0.326 e. The van der Waals surface area contributed by atoms with Crippen LogP contribution in [-0.4, -0.2) is 110 Å². The van der Waals surface area contributed by atoms with E-state index in [4.69, 9.17) is 0 Å². The maximum atomic E-state index is 14.3. The fourth-order valence-corrected chi connectivity index (χ4v) is 7.78. The van der Waals surface area contributed by atoms with Gasteiger partial charge in [-0.1, -0.05) is 113 Å². The maximum absolute atomic E-state index is 14.3. The minimum absolute atomic E-state index is 0.0231. The number of amides is 6. The number of aromatic nitrogens is 1. The lowest BCUT2D eigenvalue weighted by molar-refractivity contribution is -0.143. The van der Waals surface area contributed by atoms with Gasteiger partial charge in [0, 0.05) is 42.8 Å². The summed E-state index contributed by atoms with van der Waals surface area (Å²) < 4.78 is 0. The molecule has 0 bridgehead atoms. The second-order valence-corrected chi connectivity index (χ2v) is 17.2. The van der Waals surface area contributed by atoms with Crippen LogP contribution in [-0.2, 0) is 49.6 Å². The summed E-state index contributed by atoms with van der Waals surface area (Å²) in [6.45, 7) is 8.09. The molecular weight excluding hydrogens is 879 g/mol. The zero-order valence-corrected chi connectivity index (χ0v) is 38.6. The standard InChI is InChI=1S/C49H61N7O12/c1-6-28(4)42(47(65)52-35(21-22-39(58)59)44(62)55-38(49(67)68)24-32-26-50-34-20-14-13-19-33(32)34)56-46(64)37(25-40(60)61)53-45(63)36(23-27(2)3)54-48(66)43(51-29(5)57)41(30-15-9-7-10-16-30)31-17-11-8-12-18-31/h7-20,26-28,35-38,41-43,50H,6,21-25H2,1-5H3,(H,51,57)(H,52,65)(H,53,63)(H,54,66)(H,55,62)(H,56,64)(H,58,59)(H,60,61)(H,67,68)/t28-,35-,36-,37-,38-,42-,43+/m0/s1. The Hall–Kier alpha value is -7.57. The van der Waals surface area contributed by atoms with Gasteiger partial charge in [0.25, 0.3) is 0 Å². The fraction of sp³-hybridized carbons (Fsp3) is 0.408. The van der Waals surface area contributed by atoms with Crippen molar-refractivity contribution in [2.75, 3.05) is 0 Å². The molecule has 3 aromatic carbocycles. The number of rotatable bonds is 26. The molecular formula is C49H61N7O12. The average molecular weight is 940 g/mol. The predicted molar refractivity (Wildman–Crippen MR) is 250 cm³/mol. The van der Waals surface area contributed by atoms with Crippen molar-refractivity contribution in [2.24, 2.45) is 11.8 Å². The highest BCUT2D eigenvalue weighted by Gasteiger charge is 2.38. The Kier molecular flexibility index (Phi) is 19.8. The van der Waals surface area contributed by atoms with Crippen LogP contribution in [0.3, 0.4) is 0 Å². The van der Waals surface area contributed by atoms with Gasteiger partial charge >= 0.3 is 17.9 Å². The highest BCUT2D eigenvalue weighted by atomic mass is 16.4. The number of carboxylic acid groups (broad SMARTS) is 3. The molecule has 0 saturated heterocycles. The van der Waals surface area contributed by atoms with Gasteiger partial charge in [0.05, 0.1) is 6.42 Å². The first-order valence-corrected chi connectivity index (χ1v) is 22.4. The van der Waals surface area contributed by atoms with Crippen molar-refractivity contribution in [2.45, 2.75) is 115 Å². The Morgan fingerprint density at radius 1 is 0.574 bits per heavy atom. The molecule has 6 amide bonds. The van der Waals surface area contributed by atoms with E-state index < -0.39 is 121 Å².